The van der Waals surface area contributed by atoms with Gasteiger partial charge in [0.25, 0.3) is 0 Å². The lowest BCUT2D eigenvalue weighted by Crippen LogP contribution is -2.34. The molecule has 0 aliphatic carbocycles. The molecule has 4 heteroatoms. The fraction of sp³-hybridized carbons (Fsp3) is 0.750. The summed E-state index contributed by atoms with van der Waals surface area (Å²) in [5, 5.41) is 11.2. The van der Waals surface area contributed by atoms with Gasteiger partial charge in [-0.25, -0.2) is 0 Å². The number of carboxylic acids is 1. The Morgan fingerprint density at radius 2 is 2.08 bits per heavy atom. The molecule has 0 aromatic rings. The van der Waals surface area contributed by atoms with Gasteiger partial charge in [0.15, 0.2) is 0 Å². The van der Waals surface area contributed by atoms with Gasteiger partial charge in [-0.3, -0.25) is 9.59 Å². The molecule has 0 aromatic carbocycles. The molecule has 2 N–H and O–H groups in total. The summed E-state index contributed by atoms with van der Waals surface area (Å²) in [6.45, 7) is 1.78. The highest BCUT2D eigenvalue weighted by Crippen LogP contribution is 1.99. The Balaban J connectivity index is 3.73. The minimum absolute atomic E-state index is 0.108. The molecule has 0 bridgehead atoms. The summed E-state index contributed by atoms with van der Waals surface area (Å²) < 4.78 is 0. The lowest BCUT2D eigenvalue weighted by Gasteiger charge is -2.09. The summed E-state index contributed by atoms with van der Waals surface area (Å²) in [6.07, 6.45) is 1.20. The maximum absolute atomic E-state index is 10.8. The van der Waals surface area contributed by atoms with Crippen molar-refractivity contribution in [3.05, 3.63) is 0 Å². The average Bonchev–Trinajstić information content (AvgIpc) is 2.04. The monoisotopic (exact) mass is 173 g/mol. The lowest BCUT2D eigenvalue weighted by molar-refractivity contribution is -0.139. The van der Waals surface area contributed by atoms with Crippen LogP contribution in [0.25, 0.3) is 0 Å². The first-order valence-corrected chi connectivity index (χ1v) is 4.03. The molecule has 4 nitrogen and oxygen atoms in total. The predicted octanol–water partition coefficient (Wildman–Crippen LogP) is 0.418. The van der Waals surface area contributed by atoms with Gasteiger partial charge in [-0.15, -0.1) is 0 Å². The van der Waals surface area contributed by atoms with Gasteiger partial charge in [0.05, 0.1) is 0 Å². The number of aliphatic carboxylic acids is 1. The van der Waals surface area contributed by atoms with Gasteiger partial charge in [-0.2, -0.15) is 0 Å². The number of nitrogens with one attached hydrogen (secondary N) is 1. The van der Waals surface area contributed by atoms with Crippen LogP contribution in [0.1, 0.15) is 26.2 Å². The van der Waals surface area contributed by atoms with Crippen molar-refractivity contribution in [3.63, 3.8) is 0 Å². The summed E-state index contributed by atoms with van der Waals surface area (Å²) >= 11 is 0. The molecule has 0 saturated carbocycles. The van der Waals surface area contributed by atoms with E-state index in [0.29, 0.717) is 19.3 Å². The first-order chi connectivity index (χ1) is 5.61. The molecule has 0 spiro atoms. The van der Waals surface area contributed by atoms with E-state index in [1.165, 1.54) is 0 Å². The van der Waals surface area contributed by atoms with Crippen LogP contribution in [0.5, 0.6) is 0 Å². The third-order valence-electron chi connectivity index (χ3n) is 1.75. The Bertz CT molecular complexity index is 168. The van der Waals surface area contributed by atoms with Crippen LogP contribution >= 0.6 is 0 Å². The number of hydrogen-bond acceptors (Lipinski definition) is 3. The number of rotatable bonds is 6. The fourth-order valence-corrected chi connectivity index (χ4v) is 0.873. The first-order valence-electron chi connectivity index (χ1n) is 4.03. The minimum atomic E-state index is -0.901. The largest absolute Gasteiger partial charge is 0.480 e. The molecule has 1 atom stereocenters. The van der Waals surface area contributed by atoms with Gasteiger partial charge in [-0.05, 0) is 13.5 Å². The van der Waals surface area contributed by atoms with Gasteiger partial charge < -0.3 is 10.4 Å². The van der Waals surface area contributed by atoms with E-state index in [1.54, 1.807) is 14.0 Å². The number of ketones is 1. The number of carbonyl (C=O) groups excluding carboxylic acids is 1. The molecular weight excluding hydrogens is 158 g/mol. The van der Waals surface area contributed by atoms with E-state index >= 15 is 0 Å². The van der Waals surface area contributed by atoms with Crippen LogP contribution in [0.4, 0.5) is 0 Å². The normalized spacial score (nSPS) is 12.5. The third-order valence-corrected chi connectivity index (χ3v) is 1.75. The standard InChI is InChI=1S/C8H15NO3/c1-3-6(10)4-5-7(9-2)8(11)12/h7,9H,3-5H2,1-2H3,(H,11,12). The SMILES string of the molecule is CCC(=O)CCC(NC)C(=O)O. The van der Waals surface area contributed by atoms with Crippen LogP contribution in [0.2, 0.25) is 0 Å². The second kappa shape index (κ2) is 5.71. The highest BCUT2D eigenvalue weighted by atomic mass is 16.4. The molecule has 1 unspecified atom stereocenters. The second-order valence-corrected chi connectivity index (χ2v) is 2.61. The Labute approximate surface area is 72.0 Å². The van der Waals surface area contributed by atoms with E-state index < -0.39 is 12.0 Å². The van der Waals surface area contributed by atoms with Crippen molar-refractivity contribution in [2.75, 3.05) is 7.05 Å². The van der Waals surface area contributed by atoms with E-state index in [2.05, 4.69) is 5.32 Å². The molecule has 0 amide bonds. The topological polar surface area (TPSA) is 66.4 Å². The van der Waals surface area contributed by atoms with Crippen LogP contribution in [-0.4, -0.2) is 29.9 Å². The van der Waals surface area contributed by atoms with Gasteiger partial charge in [0.2, 0.25) is 0 Å². The first kappa shape index (κ1) is 11.1. The van der Waals surface area contributed by atoms with Crippen molar-refractivity contribution < 1.29 is 14.7 Å². The van der Waals surface area contributed by atoms with Crippen molar-refractivity contribution in [3.8, 4) is 0 Å². The number of carbonyl (C=O) groups is 2. The molecule has 0 aromatic heterocycles. The predicted molar refractivity (Wildman–Crippen MR) is 45.0 cm³/mol. The molecular formula is C8H15NO3. The molecule has 12 heavy (non-hydrogen) atoms. The van der Waals surface area contributed by atoms with Crippen LogP contribution in [0, 0.1) is 0 Å². The van der Waals surface area contributed by atoms with Crippen LogP contribution in [0.15, 0.2) is 0 Å². The Hall–Kier alpha value is -0.900. The zero-order valence-corrected chi connectivity index (χ0v) is 7.46. The maximum Gasteiger partial charge on any atom is 0.320 e. The van der Waals surface area contributed by atoms with E-state index in [9.17, 15) is 9.59 Å². The van der Waals surface area contributed by atoms with Gasteiger partial charge >= 0.3 is 5.97 Å². The quantitative estimate of drug-likeness (QED) is 0.610. The summed E-state index contributed by atoms with van der Waals surface area (Å²) in [4.78, 5) is 21.3. The van der Waals surface area contributed by atoms with Crippen LogP contribution in [0.3, 0.4) is 0 Å². The smallest absolute Gasteiger partial charge is 0.320 e. The maximum atomic E-state index is 10.8. The summed E-state index contributed by atoms with van der Waals surface area (Å²) in [7, 11) is 1.58. The minimum Gasteiger partial charge on any atom is -0.480 e. The molecule has 0 radical (unpaired) electrons. The number of Topliss-reactive ketones (excluding diaryl/α,β-unsaturated/α-hetero) is 1. The Morgan fingerprint density at radius 3 is 2.42 bits per heavy atom. The van der Waals surface area contributed by atoms with Gasteiger partial charge in [0.1, 0.15) is 11.8 Å². The highest BCUT2D eigenvalue weighted by molar-refractivity contribution is 5.79. The second-order valence-electron chi connectivity index (χ2n) is 2.61. The Kier molecular flexibility index (Phi) is 5.28. The molecule has 0 heterocycles. The van der Waals surface area contributed by atoms with Crippen molar-refractivity contribution in [2.45, 2.75) is 32.2 Å². The zero-order chi connectivity index (χ0) is 9.56. The lowest BCUT2D eigenvalue weighted by atomic mass is 10.1. The molecule has 0 saturated heterocycles. The highest BCUT2D eigenvalue weighted by Gasteiger charge is 2.15. The van der Waals surface area contributed by atoms with Crippen molar-refractivity contribution in [1.82, 2.24) is 5.32 Å². The Morgan fingerprint density at radius 1 is 1.50 bits per heavy atom. The van der Waals surface area contributed by atoms with Crippen molar-refractivity contribution in [2.24, 2.45) is 0 Å². The molecule has 70 valence electrons. The van der Waals surface area contributed by atoms with Crippen molar-refractivity contribution in [1.29, 1.82) is 0 Å². The molecule has 0 fully saturated rings. The van der Waals surface area contributed by atoms with Gasteiger partial charge in [0, 0.05) is 12.8 Å². The average molecular weight is 173 g/mol. The number of carboxylic acid groups (broad SMARTS) is 1. The van der Waals surface area contributed by atoms with Crippen LogP contribution < -0.4 is 5.32 Å². The summed E-state index contributed by atoms with van der Waals surface area (Å²) in [6, 6.07) is -0.597. The number of hydrogen-bond donors (Lipinski definition) is 2. The molecule has 0 aliphatic heterocycles. The van der Waals surface area contributed by atoms with Gasteiger partial charge in [-0.1, -0.05) is 6.92 Å². The van der Waals surface area contributed by atoms with E-state index in [4.69, 9.17) is 5.11 Å². The van der Waals surface area contributed by atoms with Crippen molar-refractivity contribution >= 4 is 11.8 Å². The third kappa shape index (κ3) is 4.08. The van der Waals surface area contributed by atoms with Crippen LogP contribution in [-0.2, 0) is 9.59 Å². The van der Waals surface area contributed by atoms with E-state index in [1.807, 2.05) is 0 Å². The molecule has 0 aliphatic rings. The number of likely N-dealkylation sites (N-methyl/N-ethyl adjacent to an activating group) is 1. The fourth-order valence-electron chi connectivity index (χ4n) is 0.873. The zero-order valence-electron chi connectivity index (χ0n) is 7.46. The van der Waals surface area contributed by atoms with E-state index in [0.717, 1.165) is 0 Å². The summed E-state index contributed by atoms with van der Waals surface area (Å²) in [5.41, 5.74) is 0. The summed E-state index contributed by atoms with van der Waals surface area (Å²) in [5.74, 6) is -0.794. The molecule has 0 rings (SSSR count). The van der Waals surface area contributed by atoms with E-state index in [-0.39, 0.29) is 5.78 Å².